The molecule has 0 bridgehead atoms. The summed E-state index contributed by atoms with van der Waals surface area (Å²) in [5.41, 5.74) is 0. The van der Waals surface area contributed by atoms with Crippen molar-refractivity contribution in [3.63, 3.8) is 0 Å². The Morgan fingerprint density at radius 2 is 1.14 bits per heavy atom. The summed E-state index contributed by atoms with van der Waals surface area (Å²) in [6.45, 7) is 0. The van der Waals surface area contributed by atoms with E-state index < -0.39 is 11.9 Å². The van der Waals surface area contributed by atoms with Crippen LogP contribution >= 0.6 is 0 Å². The smallest absolute Gasteiger partial charge is 0.414 e. The van der Waals surface area contributed by atoms with E-state index in [0.29, 0.717) is 0 Å². The van der Waals surface area contributed by atoms with E-state index in [1.54, 1.807) is 0 Å². The summed E-state index contributed by atoms with van der Waals surface area (Å²) in [7, 11) is 0. The first kappa shape index (κ1) is 10.0. The van der Waals surface area contributed by atoms with Gasteiger partial charge in [0.05, 0.1) is 0 Å². The molecule has 0 saturated heterocycles. The molecule has 0 aliphatic rings. The SMILES string of the molecule is O=C(O)C(=O)O.[Na]. The Labute approximate surface area is 61.4 Å². The zero-order valence-corrected chi connectivity index (χ0v) is 5.71. The van der Waals surface area contributed by atoms with Gasteiger partial charge in [-0.05, 0) is 0 Å². The summed E-state index contributed by atoms with van der Waals surface area (Å²) >= 11 is 0. The molecular formula is C2H2NaO4. The van der Waals surface area contributed by atoms with E-state index in [4.69, 9.17) is 19.8 Å². The van der Waals surface area contributed by atoms with E-state index in [0.717, 1.165) is 0 Å². The number of carbonyl (C=O) groups is 2. The summed E-state index contributed by atoms with van der Waals surface area (Å²) in [5, 5.41) is 14.8. The van der Waals surface area contributed by atoms with Crippen LogP contribution in [0.4, 0.5) is 0 Å². The second-order valence-corrected chi connectivity index (χ2v) is 0.610. The number of hydrogen-bond donors (Lipinski definition) is 2. The second-order valence-electron chi connectivity index (χ2n) is 0.610. The van der Waals surface area contributed by atoms with Crippen molar-refractivity contribution in [1.82, 2.24) is 0 Å². The van der Waals surface area contributed by atoms with Crippen LogP contribution in [0.15, 0.2) is 0 Å². The maximum atomic E-state index is 9.10. The Hall–Kier alpha value is -0.0600. The van der Waals surface area contributed by atoms with Crippen LogP contribution in [0.25, 0.3) is 0 Å². The Morgan fingerprint density at radius 3 is 1.14 bits per heavy atom. The fourth-order valence-corrected chi connectivity index (χ4v) is 0. The van der Waals surface area contributed by atoms with Crippen LogP contribution in [0.3, 0.4) is 0 Å². The van der Waals surface area contributed by atoms with Crippen molar-refractivity contribution < 1.29 is 19.8 Å². The van der Waals surface area contributed by atoms with Gasteiger partial charge in [-0.25, -0.2) is 9.59 Å². The first-order valence-electron chi connectivity index (χ1n) is 1.11. The van der Waals surface area contributed by atoms with Gasteiger partial charge in [-0.2, -0.15) is 0 Å². The fourth-order valence-electron chi connectivity index (χ4n) is 0. The van der Waals surface area contributed by atoms with Gasteiger partial charge >= 0.3 is 11.9 Å². The maximum Gasteiger partial charge on any atom is 0.414 e. The third-order valence-electron chi connectivity index (χ3n) is 0.183. The average Bonchev–Trinajstić information content (AvgIpc) is 1.36. The largest absolute Gasteiger partial charge is 0.473 e. The van der Waals surface area contributed by atoms with Crippen molar-refractivity contribution in [2.24, 2.45) is 0 Å². The van der Waals surface area contributed by atoms with Gasteiger partial charge in [0.1, 0.15) is 0 Å². The average molecular weight is 113 g/mol. The van der Waals surface area contributed by atoms with Gasteiger partial charge in [0, 0.05) is 29.6 Å². The van der Waals surface area contributed by atoms with Gasteiger partial charge in [-0.1, -0.05) is 0 Å². The zero-order valence-electron chi connectivity index (χ0n) is 3.71. The molecule has 0 fully saturated rings. The number of aliphatic carboxylic acids is 2. The molecule has 0 amide bonds. The first-order chi connectivity index (χ1) is 2.64. The third kappa shape index (κ3) is 5.94. The molecule has 7 heavy (non-hydrogen) atoms. The number of carboxylic acid groups (broad SMARTS) is 2. The molecule has 2 N–H and O–H groups in total. The summed E-state index contributed by atoms with van der Waals surface area (Å²) in [6.07, 6.45) is 0. The Morgan fingerprint density at radius 1 is 1.00 bits per heavy atom. The van der Waals surface area contributed by atoms with E-state index in [1.165, 1.54) is 0 Å². The summed E-state index contributed by atoms with van der Waals surface area (Å²) in [6, 6.07) is 0. The van der Waals surface area contributed by atoms with E-state index in [1.807, 2.05) is 0 Å². The molecule has 0 aliphatic carbocycles. The van der Waals surface area contributed by atoms with E-state index in [2.05, 4.69) is 0 Å². The van der Waals surface area contributed by atoms with Crippen LogP contribution < -0.4 is 0 Å². The molecule has 4 nitrogen and oxygen atoms in total. The number of hydrogen-bond acceptors (Lipinski definition) is 2. The monoisotopic (exact) mass is 113 g/mol. The summed E-state index contributed by atoms with van der Waals surface area (Å²) < 4.78 is 0. The van der Waals surface area contributed by atoms with E-state index in [-0.39, 0.29) is 29.6 Å². The van der Waals surface area contributed by atoms with Crippen LogP contribution in [0.5, 0.6) is 0 Å². The molecule has 1 radical (unpaired) electrons. The molecule has 0 heterocycles. The minimum atomic E-state index is -1.82. The second kappa shape index (κ2) is 4.11. The Bertz CT molecular complexity index is 75.7. The zero-order chi connectivity index (χ0) is 5.15. The van der Waals surface area contributed by atoms with Crippen molar-refractivity contribution >= 4 is 41.5 Å². The van der Waals surface area contributed by atoms with Crippen LogP contribution in [0.2, 0.25) is 0 Å². The van der Waals surface area contributed by atoms with E-state index >= 15 is 0 Å². The van der Waals surface area contributed by atoms with Crippen molar-refractivity contribution in [1.29, 1.82) is 0 Å². The molecule has 35 valence electrons. The minimum absolute atomic E-state index is 0. The number of rotatable bonds is 0. The molecular weight excluding hydrogens is 111 g/mol. The Balaban J connectivity index is 0. The van der Waals surface area contributed by atoms with Crippen molar-refractivity contribution in [3.05, 3.63) is 0 Å². The number of carboxylic acids is 2. The summed E-state index contributed by atoms with van der Waals surface area (Å²) in [5.74, 6) is -3.65. The van der Waals surface area contributed by atoms with Gasteiger partial charge in [-0.3, -0.25) is 0 Å². The molecule has 0 spiro atoms. The minimum Gasteiger partial charge on any atom is -0.473 e. The Kier molecular flexibility index (Phi) is 5.89. The quantitative estimate of drug-likeness (QED) is 0.305. The molecule has 0 rings (SSSR count). The van der Waals surface area contributed by atoms with Gasteiger partial charge < -0.3 is 10.2 Å². The van der Waals surface area contributed by atoms with E-state index in [9.17, 15) is 0 Å². The van der Waals surface area contributed by atoms with Crippen LogP contribution in [-0.4, -0.2) is 51.7 Å². The predicted molar refractivity (Wildman–Crippen MR) is 21.0 cm³/mol. The van der Waals surface area contributed by atoms with Gasteiger partial charge in [0.25, 0.3) is 0 Å². The molecule has 5 heteroatoms. The topological polar surface area (TPSA) is 74.6 Å². The summed E-state index contributed by atoms with van der Waals surface area (Å²) in [4.78, 5) is 18.2. The van der Waals surface area contributed by atoms with Crippen molar-refractivity contribution in [3.8, 4) is 0 Å². The van der Waals surface area contributed by atoms with Crippen molar-refractivity contribution in [2.75, 3.05) is 0 Å². The molecule has 0 aliphatic heterocycles. The molecule has 0 aromatic carbocycles. The fraction of sp³-hybridized carbons (Fsp3) is 0. The molecule has 0 aromatic heterocycles. The van der Waals surface area contributed by atoms with Gasteiger partial charge in [0.15, 0.2) is 0 Å². The van der Waals surface area contributed by atoms with Gasteiger partial charge in [-0.15, -0.1) is 0 Å². The standard InChI is InChI=1S/C2H2O4.Na/c3-1(4)2(5)6;/h(H,3,4)(H,5,6);. The molecule has 0 aromatic rings. The van der Waals surface area contributed by atoms with Gasteiger partial charge in [0.2, 0.25) is 0 Å². The molecule has 0 atom stereocenters. The van der Waals surface area contributed by atoms with Crippen LogP contribution in [-0.2, 0) is 9.59 Å². The maximum absolute atomic E-state index is 9.10. The van der Waals surface area contributed by atoms with Crippen LogP contribution in [0, 0.1) is 0 Å². The van der Waals surface area contributed by atoms with Crippen LogP contribution in [0.1, 0.15) is 0 Å². The molecule has 0 saturated carbocycles. The first-order valence-corrected chi connectivity index (χ1v) is 1.11. The molecule has 0 unspecified atom stereocenters. The normalized spacial score (nSPS) is 6.29. The third-order valence-corrected chi connectivity index (χ3v) is 0.183. The van der Waals surface area contributed by atoms with Crippen molar-refractivity contribution in [2.45, 2.75) is 0 Å². The predicted octanol–water partition coefficient (Wildman–Crippen LogP) is -1.23.